The van der Waals surface area contributed by atoms with Gasteiger partial charge in [-0.2, -0.15) is 4.39 Å². The molecule has 4 nitrogen and oxygen atoms in total. The monoisotopic (exact) mass is 258 g/mol. The molecular weight excluding hydrogens is 239 g/mol. The lowest BCUT2D eigenvalue weighted by molar-refractivity contribution is -0.139. The van der Waals surface area contributed by atoms with Gasteiger partial charge in [0, 0.05) is 5.92 Å². The van der Waals surface area contributed by atoms with Crippen LogP contribution in [-0.4, -0.2) is 23.0 Å². The molecule has 0 heterocycles. The van der Waals surface area contributed by atoms with Crippen molar-refractivity contribution < 1.29 is 23.8 Å². The Labute approximate surface area is 106 Å². The summed E-state index contributed by atoms with van der Waals surface area (Å²) in [7, 11) is 0. The van der Waals surface area contributed by atoms with Crippen LogP contribution in [-0.2, 0) is 14.3 Å². The van der Waals surface area contributed by atoms with E-state index < -0.39 is 34.6 Å². The second kappa shape index (κ2) is 4.37. The molecule has 0 radical (unpaired) electrons. The van der Waals surface area contributed by atoms with Crippen LogP contribution in [0.25, 0.3) is 0 Å². The van der Waals surface area contributed by atoms with E-state index in [1.165, 1.54) is 0 Å². The minimum atomic E-state index is -1.02. The third-order valence-electron chi connectivity index (χ3n) is 3.13. The largest absolute Gasteiger partial charge is 0.489 e. The van der Waals surface area contributed by atoms with Crippen LogP contribution in [0.15, 0.2) is 11.6 Å². The molecule has 1 rings (SSSR count). The number of carbonyl (C=O) groups is 2. The molecule has 1 N–H and O–H groups in total. The first-order valence-corrected chi connectivity index (χ1v) is 5.79. The van der Waals surface area contributed by atoms with Gasteiger partial charge >= 0.3 is 5.97 Å². The van der Waals surface area contributed by atoms with Gasteiger partial charge in [-0.3, -0.25) is 9.59 Å². The molecule has 1 saturated carbocycles. The van der Waals surface area contributed by atoms with Crippen molar-refractivity contribution in [3.8, 4) is 0 Å². The molecule has 0 aromatic carbocycles. The quantitative estimate of drug-likeness (QED) is 0.478. The van der Waals surface area contributed by atoms with E-state index in [9.17, 15) is 14.0 Å². The third-order valence-corrected chi connectivity index (χ3v) is 3.13. The van der Waals surface area contributed by atoms with E-state index in [-0.39, 0.29) is 12.0 Å². The summed E-state index contributed by atoms with van der Waals surface area (Å²) in [5.74, 6) is -3.49. The standard InChI is InChI=1S/C13H19FO4/c1-12(2,3)18-10(7(14)6-15)8-9(11(16)17)13(8,4)5/h6,8-9H,1-5H3,(H,16,17). The second-order valence-electron chi connectivity index (χ2n) is 6.16. The number of carboxylic acid groups (broad SMARTS) is 1. The fourth-order valence-corrected chi connectivity index (χ4v) is 2.24. The van der Waals surface area contributed by atoms with Crippen LogP contribution in [0.5, 0.6) is 0 Å². The highest BCUT2D eigenvalue weighted by Crippen LogP contribution is 2.62. The van der Waals surface area contributed by atoms with Gasteiger partial charge in [-0.25, -0.2) is 0 Å². The minimum Gasteiger partial charge on any atom is -0.489 e. The zero-order chi connectivity index (χ0) is 14.3. The minimum absolute atomic E-state index is 0.0639. The SMILES string of the molecule is CC(C)(C)OC(=C(F)C=O)C1C(C(=O)O)C1(C)C. The lowest BCUT2D eigenvalue weighted by Crippen LogP contribution is -2.21. The number of halogens is 1. The summed E-state index contributed by atoms with van der Waals surface area (Å²) in [5, 5.41) is 9.07. The molecule has 5 heteroatoms. The predicted octanol–water partition coefficient (Wildman–Crippen LogP) is 2.54. The molecule has 102 valence electrons. The lowest BCUT2D eigenvalue weighted by Gasteiger charge is -2.24. The number of carbonyl (C=O) groups excluding carboxylic acids is 1. The number of hydrogen-bond donors (Lipinski definition) is 1. The average molecular weight is 258 g/mol. The van der Waals surface area contributed by atoms with Crippen LogP contribution in [0.3, 0.4) is 0 Å². The fraction of sp³-hybridized carbons (Fsp3) is 0.692. The summed E-state index contributed by atoms with van der Waals surface area (Å²) < 4.78 is 19.0. The maximum Gasteiger partial charge on any atom is 0.307 e. The highest BCUT2D eigenvalue weighted by molar-refractivity contribution is 5.78. The number of carboxylic acids is 1. The Kier molecular flexibility index (Phi) is 3.56. The van der Waals surface area contributed by atoms with Gasteiger partial charge in [0.15, 0.2) is 6.29 Å². The second-order valence-corrected chi connectivity index (χ2v) is 6.16. The molecular formula is C13H19FO4. The molecule has 1 aliphatic rings. The summed E-state index contributed by atoms with van der Waals surface area (Å²) in [5.41, 5.74) is -1.29. The highest BCUT2D eigenvalue weighted by atomic mass is 19.1. The summed E-state index contributed by atoms with van der Waals surface area (Å²) in [6.45, 7) is 8.60. The number of rotatable bonds is 4. The Morgan fingerprint density at radius 1 is 1.33 bits per heavy atom. The average Bonchev–Trinajstić information content (AvgIpc) is 2.75. The van der Waals surface area contributed by atoms with Crippen molar-refractivity contribution in [2.45, 2.75) is 40.2 Å². The van der Waals surface area contributed by atoms with Crippen molar-refractivity contribution in [1.82, 2.24) is 0 Å². The fourth-order valence-electron chi connectivity index (χ4n) is 2.24. The maximum atomic E-state index is 13.6. The maximum absolute atomic E-state index is 13.6. The van der Waals surface area contributed by atoms with E-state index in [0.717, 1.165) is 0 Å². The molecule has 1 fully saturated rings. The van der Waals surface area contributed by atoms with Gasteiger partial charge in [0.2, 0.25) is 5.83 Å². The van der Waals surface area contributed by atoms with Crippen LogP contribution in [0, 0.1) is 17.3 Å². The van der Waals surface area contributed by atoms with E-state index in [1.54, 1.807) is 34.6 Å². The number of hydrogen-bond acceptors (Lipinski definition) is 3. The van der Waals surface area contributed by atoms with Crippen LogP contribution >= 0.6 is 0 Å². The first-order valence-electron chi connectivity index (χ1n) is 5.79. The normalized spacial score (nSPS) is 27.2. The van der Waals surface area contributed by atoms with Gasteiger partial charge in [-0.15, -0.1) is 0 Å². The van der Waals surface area contributed by atoms with Gasteiger partial charge in [0.25, 0.3) is 0 Å². The molecule has 0 bridgehead atoms. The third kappa shape index (κ3) is 2.71. The molecule has 0 spiro atoms. The van der Waals surface area contributed by atoms with Crippen molar-refractivity contribution in [2.75, 3.05) is 0 Å². The van der Waals surface area contributed by atoms with Gasteiger partial charge in [-0.1, -0.05) is 13.8 Å². The van der Waals surface area contributed by atoms with E-state index in [1.807, 2.05) is 0 Å². The molecule has 18 heavy (non-hydrogen) atoms. The first kappa shape index (κ1) is 14.7. The zero-order valence-corrected chi connectivity index (χ0v) is 11.3. The number of aldehydes is 1. The molecule has 0 amide bonds. The van der Waals surface area contributed by atoms with E-state index in [4.69, 9.17) is 9.84 Å². The Balaban J connectivity index is 3.09. The number of aliphatic carboxylic acids is 1. The van der Waals surface area contributed by atoms with E-state index in [2.05, 4.69) is 0 Å². The molecule has 0 aromatic heterocycles. The molecule has 0 aliphatic heterocycles. The Morgan fingerprint density at radius 2 is 1.83 bits per heavy atom. The van der Waals surface area contributed by atoms with Gasteiger partial charge in [0.1, 0.15) is 11.4 Å². The van der Waals surface area contributed by atoms with E-state index >= 15 is 0 Å². The Bertz CT molecular complexity index is 404. The smallest absolute Gasteiger partial charge is 0.307 e. The Hall–Kier alpha value is -1.39. The topological polar surface area (TPSA) is 63.6 Å². The Morgan fingerprint density at radius 3 is 2.11 bits per heavy atom. The van der Waals surface area contributed by atoms with Gasteiger partial charge in [0.05, 0.1) is 5.92 Å². The van der Waals surface area contributed by atoms with Crippen molar-refractivity contribution >= 4 is 12.3 Å². The summed E-state index contributed by atoms with van der Waals surface area (Å²) in [6.07, 6.45) is 0.0639. The van der Waals surface area contributed by atoms with Crippen molar-refractivity contribution in [1.29, 1.82) is 0 Å². The predicted molar refractivity (Wildman–Crippen MR) is 63.4 cm³/mol. The van der Waals surface area contributed by atoms with Crippen molar-refractivity contribution in [2.24, 2.45) is 17.3 Å². The lowest BCUT2D eigenvalue weighted by atomic mass is 10.1. The summed E-state index contributed by atoms with van der Waals surface area (Å²) >= 11 is 0. The molecule has 0 aromatic rings. The van der Waals surface area contributed by atoms with Crippen molar-refractivity contribution in [3.05, 3.63) is 11.6 Å². The van der Waals surface area contributed by atoms with Crippen molar-refractivity contribution in [3.63, 3.8) is 0 Å². The highest BCUT2D eigenvalue weighted by Gasteiger charge is 2.65. The molecule has 2 atom stereocenters. The van der Waals surface area contributed by atoms with Crippen LogP contribution < -0.4 is 0 Å². The first-order chi connectivity index (χ1) is 8.02. The van der Waals surface area contributed by atoms with Crippen LogP contribution in [0.4, 0.5) is 4.39 Å². The zero-order valence-electron chi connectivity index (χ0n) is 11.3. The van der Waals surface area contributed by atoms with Crippen LogP contribution in [0.1, 0.15) is 34.6 Å². The van der Waals surface area contributed by atoms with E-state index in [0.29, 0.717) is 0 Å². The number of ether oxygens (including phenoxy) is 1. The summed E-state index contributed by atoms with van der Waals surface area (Å²) in [6, 6.07) is 0. The number of allylic oxidation sites excluding steroid dienone is 2. The van der Waals surface area contributed by atoms with Gasteiger partial charge in [-0.05, 0) is 26.2 Å². The molecule has 1 aliphatic carbocycles. The molecule has 0 saturated heterocycles. The summed E-state index contributed by atoms with van der Waals surface area (Å²) in [4.78, 5) is 21.7. The van der Waals surface area contributed by atoms with Crippen LogP contribution in [0.2, 0.25) is 0 Å². The molecule has 2 unspecified atom stereocenters. The van der Waals surface area contributed by atoms with Gasteiger partial charge < -0.3 is 9.84 Å².